The molecule has 0 saturated carbocycles. The molecule has 0 spiro atoms. The Labute approximate surface area is 163 Å². The van der Waals surface area contributed by atoms with Gasteiger partial charge in [0.15, 0.2) is 0 Å². The van der Waals surface area contributed by atoms with Gasteiger partial charge in [-0.1, -0.05) is 13.3 Å². The van der Waals surface area contributed by atoms with Crippen LogP contribution in [0, 0.1) is 46.0 Å². The van der Waals surface area contributed by atoms with Crippen LogP contribution >= 0.6 is 0 Å². The van der Waals surface area contributed by atoms with Gasteiger partial charge in [-0.3, -0.25) is 6.08 Å². The van der Waals surface area contributed by atoms with Gasteiger partial charge < -0.3 is 17.4 Å². The normalized spacial score (nSPS) is 3.78. The van der Waals surface area contributed by atoms with E-state index in [4.69, 9.17) is 27.9 Å². The molecule has 0 aromatic rings. The minimum Gasteiger partial charge on any atom is 0 e. The van der Waals surface area contributed by atoms with Gasteiger partial charge in [-0.05, 0) is 6.29 Å². The maximum atomic E-state index is 9.29. The van der Waals surface area contributed by atoms with Crippen molar-refractivity contribution in [1.29, 1.82) is 0 Å². The van der Waals surface area contributed by atoms with Gasteiger partial charge in [-0.2, -0.15) is 5.75 Å². The summed E-state index contributed by atoms with van der Waals surface area (Å²) in [6.07, 6.45) is 5.67. The minimum atomic E-state index is 0. The van der Waals surface area contributed by atoms with E-state index in [1.165, 1.54) is 6.08 Å². The maximum Gasteiger partial charge on any atom is 2.00 e. The van der Waals surface area contributed by atoms with Crippen molar-refractivity contribution in [2.24, 2.45) is 0 Å². The zero-order chi connectivity index (χ0) is 19.5. The molecule has 10 heteroatoms. The van der Waals surface area contributed by atoms with Crippen LogP contribution < -0.4 is 0 Å². The first-order valence-corrected chi connectivity index (χ1v) is 4.66. The third kappa shape index (κ3) is 1570. The first-order chi connectivity index (χ1) is 10.3. The SMILES string of the molecule is CCC[S-].C[C-]=CC=O.[C-]#[O+].[C-]#[O+].[C-]#[O+].[C-]#[O+].[C-]#[O+].[C-]#[O+].[Fe+2].[Fe]. The molecule has 0 aliphatic carbocycles. The average molecular weight is 424 g/mol. The summed E-state index contributed by atoms with van der Waals surface area (Å²) in [4.78, 5) is 9.29. The molecule has 0 atom stereocenters. The van der Waals surface area contributed by atoms with Crippen molar-refractivity contribution in [3.8, 4) is 0 Å². The molecule has 0 radical (unpaired) electrons. The molecule has 7 nitrogen and oxygen atoms in total. The van der Waals surface area contributed by atoms with Crippen molar-refractivity contribution < 1.29 is 66.8 Å². The average Bonchev–Trinajstić information content (AvgIpc) is 2.66. The standard InChI is InChI=1S/C4H5O.C3H8S.6CO.2Fe/c1-2-3-4-5;1-2-3-4;6*1-2;;/h3-4H,1H3;4H,2-3H2,1H3;;;;;;;;/q-1;;;;;;;;;+2/p-1. The zero-order valence-electron chi connectivity index (χ0n) is 12.0. The molecule has 0 aromatic heterocycles. The molecule has 0 aliphatic rings. The summed E-state index contributed by atoms with van der Waals surface area (Å²) in [7, 11) is 0. The van der Waals surface area contributed by atoms with E-state index in [1.54, 1.807) is 6.92 Å². The second-order valence-electron chi connectivity index (χ2n) is 1.30. The van der Waals surface area contributed by atoms with E-state index in [0.717, 1.165) is 12.2 Å². The van der Waals surface area contributed by atoms with Crippen LogP contribution in [-0.4, -0.2) is 12.0 Å². The van der Waals surface area contributed by atoms with Crippen molar-refractivity contribution in [2.75, 3.05) is 5.75 Å². The first-order valence-electron chi connectivity index (χ1n) is 4.08. The number of hydrogen-bond donors (Lipinski definition) is 0. The Morgan fingerprint density at radius 1 is 0.870 bits per heavy atom. The molecule has 0 rings (SSSR count). The molecule has 23 heavy (non-hydrogen) atoms. The predicted molar refractivity (Wildman–Crippen MR) is 65.7 cm³/mol. The molecule has 0 N–H and O–H groups in total. The van der Waals surface area contributed by atoms with E-state index in [2.05, 4.69) is 65.5 Å². The van der Waals surface area contributed by atoms with Gasteiger partial charge in [0.25, 0.3) is 0 Å². The van der Waals surface area contributed by atoms with Crippen molar-refractivity contribution in [2.45, 2.75) is 20.3 Å². The summed E-state index contributed by atoms with van der Waals surface area (Å²) in [5.74, 6) is 0.903. The summed E-state index contributed by atoms with van der Waals surface area (Å²) in [5.41, 5.74) is 0. The van der Waals surface area contributed by atoms with Crippen molar-refractivity contribution in [1.82, 2.24) is 0 Å². The third-order valence-corrected chi connectivity index (χ3v) is 0.847. The first kappa shape index (κ1) is 67.0. The van der Waals surface area contributed by atoms with Crippen LogP contribution in [0.3, 0.4) is 0 Å². The monoisotopic (exact) mass is 424 g/mol. The van der Waals surface area contributed by atoms with Crippen molar-refractivity contribution >= 4 is 18.9 Å². The molecule has 0 saturated heterocycles. The topological polar surface area (TPSA) is 136 Å². The van der Waals surface area contributed by atoms with Gasteiger partial charge in [0, 0.05) is 17.1 Å². The molecule has 0 aromatic carbocycles. The molecule has 0 heterocycles. The van der Waals surface area contributed by atoms with E-state index in [-0.39, 0.29) is 34.1 Å². The predicted octanol–water partition coefficient (Wildman–Crippen LogP) is 1.28. The molecule has 0 aliphatic heterocycles. The van der Waals surface area contributed by atoms with Crippen LogP contribution in [0.5, 0.6) is 0 Å². The minimum absolute atomic E-state index is 0. The molecular weight excluding hydrogens is 412 g/mol. The van der Waals surface area contributed by atoms with Crippen molar-refractivity contribution in [3.05, 3.63) is 52.1 Å². The number of hydrogen-bond acceptors (Lipinski definition) is 2. The van der Waals surface area contributed by atoms with Crippen LogP contribution in [0.2, 0.25) is 0 Å². The molecule has 0 unspecified atom stereocenters. The summed E-state index contributed by atoms with van der Waals surface area (Å²) in [6.45, 7) is 30.8. The van der Waals surface area contributed by atoms with E-state index < -0.39 is 0 Å². The zero-order valence-corrected chi connectivity index (χ0v) is 15.1. The summed E-state index contributed by atoms with van der Waals surface area (Å²) >= 11 is 4.55. The van der Waals surface area contributed by atoms with E-state index in [9.17, 15) is 4.79 Å². The van der Waals surface area contributed by atoms with Gasteiger partial charge >= 0.3 is 84.9 Å². The molecule has 0 amide bonds. The number of allylic oxidation sites excluding steroid dienone is 2. The Balaban J connectivity index is -0.0000000108. The molecular formula is C13H12Fe2O7S. The molecule has 0 bridgehead atoms. The fourth-order valence-electron chi connectivity index (χ4n) is 0.0680. The van der Waals surface area contributed by atoms with Crippen LogP contribution in [0.15, 0.2) is 6.08 Å². The Morgan fingerprint density at radius 3 is 1.04 bits per heavy atom. The second-order valence-corrected chi connectivity index (χ2v) is 1.70. The Kier molecular flexibility index (Phi) is 1410. The van der Waals surface area contributed by atoms with Crippen LogP contribution in [0.1, 0.15) is 20.3 Å². The maximum absolute atomic E-state index is 9.29. The largest absolute Gasteiger partial charge is 2.00 e. The van der Waals surface area contributed by atoms with E-state index >= 15 is 0 Å². The van der Waals surface area contributed by atoms with Crippen LogP contribution in [-0.2, 0) is 79.5 Å². The van der Waals surface area contributed by atoms with Crippen LogP contribution in [0.25, 0.3) is 0 Å². The Hall–Kier alpha value is -0.761. The van der Waals surface area contributed by atoms with E-state index in [0.29, 0.717) is 6.29 Å². The van der Waals surface area contributed by atoms with Gasteiger partial charge in [0.2, 0.25) is 0 Å². The van der Waals surface area contributed by atoms with Crippen LogP contribution in [0.4, 0.5) is 0 Å². The quantitative estimate of drug-likeness (QED) is 0.165. The fourth-order valence-corrected chi connectivity index (χ4v) is 0.0680. The summed E-state index contributed by atoms with van der Waals surface area (Å²) < 4.78 is 45.0. The number of aldehydes is 1. The molecule has 0 fully saturated rings. The summed E-state index contributed by atoms with van der Waals surface area (Å²) in [6, 6.07) is 0. The van der Waals surface area contributed by atoms with Gasteiger partial charge in [0.05, 0.1) is 0 Å². The third-order valence-electron chi connectivity index (χ3n) is 0.439. The van der Waals surface area contributed by atoms with Gasteiger partial charge in [-0.15, -0.1) is 6.92 Å². The van der Waals surface area contributed by atoms with Gasteiger partial charge in [-0.25, -0.2) is 6.08 Å². The second kappa shape index (κ2) is 484. The molecule has 128 valence electrons. The number of carbonyl (C=O) groups excluding carboxylic acids is 1. The fraction of sp³-hybridized carbons (Fsp3) is 0.308. The Bertz CT molecular complexity index is 220. The van der Waals surface area contributed by atoms with Gasteiger partial charge in [0.1, 0.15) is 0 Å². The smallest absolute Gasteiger partial charge is 0 e. The number of rotatable bonds is 2. The summed E-state index contributed by atoms with van der Waals surface area (Å²) in [5, 5.41) is 0. The van der Waals surface area contributed by atoms with E-state index in [1.807, 2.05) is 0 Å². The van der Waals surface area contributed by atoms with Crippen molar-refractivity contribution in [3.63, 3.8) is 0 Å². The Morgan fingerprint density at radius 2 is 1.04 bits per heavy atom. The number of carbonyl (C=O) groups is 1.